The number of pyridine rings is 1. The van der Waals surface area contributed by atoms with Gasteiger partial charge >= 0.3 is 18.0 Å². The van der Waals surface area contributed by atoms with Crippen LogP contribution in [0.25, 0.3) is 0 Å². The molecule has 0 aromatic carbocycles. The van der Waals surface area contributed by atoms with Crippen LogP contribution in [-0.2, 0) is 11.3 Å². The van der Waals surface area contributed by atoms with Crippen molar-refractivity contribution >= 4 is 5.91 Å². The van der Waals surface area contributed by atoms with E-state index in [2.05, 4.69) is 4.98 Å². The molecule has 0 radical (unpaired) electrons. The largest absolute Gasteiger partial charge is 0.460 e. The fraction of sp³-hybridized carbons (Fsp3) is 0.400. The van der Waals surface area contributed by atoms with Crippen LogP contribution in [0.1, 0.15) is 5.56 Å². The number of aromatic nitrogens is 1. The minimum Gasteiger partial charge on any atom is -0.347 e. The lowest BCUT2D eigenvalue weighted by Crippen LogP contribution is -2.59. The van der Waals surface area contributed by atoms with E-state index in [-0.39, 0.29) is 5.56 Å². The predicted octanol–water partition coefficient (Wildman–Crippen LogP) is 2.53. The molecule has 10 heteroatoms. The predicted molar refractivity (Wildman–Crippen MR) is 52.0 cm³/mol. The van der Waals surface area contributed by atoms with Crippen LogP contribution in [0.2, 0.25) is 0 Å². The summed E-state index contributed by atoms with van der Waals surface area (Å²) in [5, 5.41) is 1.32. The molecule has 0 fully saturated rings. The lowest BCUT2D eigenvalue weighted by atomic mass is 10.1. The number of halogens is 7. The van der Waals surface area contributed by atoms with Gasteiger partial charge in [-0.15, -0.1) is 0 Å². The van der Waals surface area contributed by atoms with Gasteiger partial charge in [-0.2, -0.15) is 30.7 Å². The molecule has 0 aliphatic heterocycles. The SMILES string of the molecule is O=C(NCc1ccncc1)C(F)(F)C(F)(F)C(F)(F)F. The Labute approximate surface area is 107 Å². The van der Waals surface area contributed by atoms with Crippen molar-refractivity contribution in [3.63, 3.8) is 0 Å². The molecule has 0 saturated heterocycles. The van der Waals surface area contributed by atoms with E-state index >= 15 is 0 Å². The first-order valence-corrected chi connectivity index (χ1v) is 4.99. The summed E-state index contributed by atoms with van der Waals surface area (Å²) < 4.78 is 86.4. The molecule has 0 saturated carbocycles. The van der Waals surface area contributed by atoms with Crippen LogP contribution in [0.3, 0.4) is 0 Å². The van der Waals surface area contributed by atoms with E-state index in [1.165, 1.54) is 29.8 Å². The van der Waals surface area contributed by atoms with Crippen molar-refractivity contribution in [2.45, 2.75) is 24.6 Å². The number of alkyl halides is 7. The number of carbonyl (C=O) groups excluding carboxylic acids is 1. The Kier molecular flexibility index (Phi) is 4.25. The Morgan fingerprint density at radius 1 is 1.05 bits per heavy atom. The van der Waals surface area contributed by atoms with Gasteiger partial charge < -0.3 is 5.32 Å². The third kappa shape index (κ3) is 2.99. The zero-order valence-electron chi connectivity index (χ0n) is 9.52. The number of nitrogens with zero attached hydrogens (tertiary/aromatic N) is 1. The van der Waals surface area contributed by atoms with Crippen LogP contribution < -0.4 is 5.32 Å². The van der Waals surface area contributed by atoms with Gasteiger partial charge in [0.1, 0.15) is 0 Å². The van der Waals surface area contributed by atoms with Crippen molar-refractivity contribution in [3.8, 4) is 0 Å². The monoisotopic (exact) mass is 304 g/mol. The van der Waals surface area contributed by atoms with E-state index in [1.54, 1.807) is 0 Å². The number of hydrogen-bond acceptors (Lipinski definition) is 2. The number of carbonyl (C=O) groups is 1. The van der Waals surface area contributed by atoms with Crippen LogP contribution in [0, 0.1) is 0 Å². The van der Waals surface area contributed by atoms with Crippen LogP contribution in [0.5, 0.6) is 0 Å². The summed E-state index contributed by atoms with van der Waals surface area (Å²) in [5.41, 5.74) is 0.208. The van der Waals surface area contributed by atoms with Crippen molar-refractivity contribution in [2.24, 2.45) is 0 Å². The standard InChI is InChI=1S/C10H7F7N2O/c11-8(12,9(13,14)10(15,16)17)7(20)19-5-6-1-3-18-4-2-6/h1-4H,5H2,(H,19,20). The van der Waals surface area contributed by atoms with Crippen molar-refractivity contribution in [1.29, 1.82) is 0 Å². The number of amides is 1. The molecule has 0 aliphatic rings. The highest BCUT2D eigenvalue weighted by atomic mass is 19.4. The minimum absolute atomic E-state index is 0.208. The molecular formula is C10H7F7N2O. The maximum atomic E-state index is 12.9. The van der Waals surface area contributed by atoms with E-state index in [0.29, 0.717) is 0 Å². The van der Waals surface area contributed by atoms with Gasteiger partial charge in [-0.25, -0.2) is 0 Å². The number of rotatable bonds is 4. The van der Waals surface area contributed by atoms with Crippen molar-refractivity contribution in [1.82, 2.24) is 10.3 Å². The first-order chi connectivity index (χ1) is 9.00. The van der Waals surface area contributed by atoms with E-state index in [9.17, 15) is 35.5 Å². The van der Waals surface area contributed by atoms with E-state index in [4.69, 9.17) is 0 Å². The van der Waals surface area contributed by atoms with Gasteiger partial charge in [0.05, 0.1) is 0 Å². The molecule has 0 spiro atoms. The molecular weight excluding hydrogens is 297 g/mol. The van der Waals surface area contributed by atoms with Crippen LogP contribution in [0.15, 0.2) is 24.5 Å². The van der Waals surface area contributed by atoms with Gasteiger partial charge in [-0.1, -0.05) is 0 Å². The highest BCUT2D eigenvalue weighted by Gasteiger charge is 2.76. The van der Waals surface area contributed by atoms with Gasteiger partial charge in [0.2, 0.25) is 0 Å². The Morgan fingerprint density at radius 3 is 2.00 bits per heavy atom. The maximum absolute atomic E-state index is 12.9. The van der Waals surface area contributed by atoms with Crippen LogP contribution >= 0.6 is 0 Å². The second kappa shape index (κ2) is 5.25. The van der Waals surface area contributed by atoms with E-state index in [1.807, 2.05) is 0 Å². The molecule has 20 heavy (non-hydrogen) atoms. The normalized spacial score (nSPS) is 13.2. The molecule has 112 valence electrons. The molecule has 0 unspecified atom stereocenters. The van der Waals surface area contributed by atoms with Crippen LogP contribution in [0.4, 0.5) is 30.7 Å². The van der Waals surface area contributed by atoms with Crippen molar-refractivity contribution in [3.05, 3.63) is 30.1 Å². The summed E-state index contributed by atoms with van der Waals surface area (Å²) in [6.45, 7) is -0.634. The van der Waals surface area contributed by atoms with Crippen LogP contribution in [-0.4, -0.2) is 28.9 Å². The third-order valence-electron chi connectivity index (χ3n) is 2.24. The lowest BCUT2D eigenvalue weighted by molar-refractivity contribution is -0.344. The number of nitrogens with one attached hydrogen (secondary N) is 1. The fourth-order valence-electron chi connectivity index (χ4n) is 1.11. The zero-order valence-corrected chi connectivity index (χ0v) is 9.52. The molecule has 1 N–H and O–H groups in total. The zero-order chi connectivity index (χ0) is 15.6. The molecule has 1 aromatic heterocycles. The maximum Gasteiger partial charge on any atom is 0.460 e. The number of hydrogen-bond donors (Lipinski definition) is 1. The Balaban J connectivity index is 2.80. The topological polar surface area (TPSA) is 42.0 Å². The lowest BCUT2D eigenvalue weighted by Gasteiger charge is -2.27. The van der Waals surface area contributed by atoms with Gasteiger partial charge in [0.15, 0.2) is 0 Å². The summed E-state index contributed by atoms with van der Waals surface area (Å²) in [6.07, 6.45) is -4.08. The second-order valence-electron chi connectivity index (χ2n) is 3.68. The summed E-state index contributed by atoms with van der Waals surface area (Å²) in [4.78, 5) is 14.4. The molecule has 1 amide bonds. The quantitative estimate of drug-likeness (QED) is 0.869. The van der Waals surface area contributed by atoms with E-state index < -0.39 is 30.5 Å². The van der Waals surface area contributed by atoms with E-state index in [0.717, 1.165) is 0 Å². The third-order valence-corrected chi connectivity index (χ3v) is 2.24. The van der Waals surface area contributed by atoms with Gasteiger partial charge in [0, 0.05) is 18.9 Å². The molecule has 1 heterocycles. The highest BCUT2D eigenvalue weighted by molar-refractivity contribution is 5.84. The molecule has 0 bridgehead atoms. The summed E-state index contributed by atoms with van der Waals surface area (Å²) in [6, 6.07) is 2.53. The highest BCUT2D eigenvalue weighted by Crippen LogP contribution is 2.46. The smallest absolute Gasteiger partial charge is 0.347 e. The van der Waals surface area contributed by atoms with Gasteiger partial charge in [-0.05, 0) is 17.7 Å². The van der Waals surface area contributed by atoms with Gasteiger partial charge in [-0.3, -0.25) is 9.78 Å². The van der Waals surface area contributed by atoms with Gasteiger partial charge in [0.25, 0.3) is 5.91 Å². The van der Waals surface area contributed by atoms with Crippen molar-refractivity contribution < 1.29 is 35.5 Å². The Hall–Kier alpha value is -1.87. The molecule has 0 aliphatic carbocycles. The second-order valence-corrected chi connectivity index (χ2v) is 3.68. The average molecular weight is 304 g/mol. The van der Waals surface area contributed by atoms with Crippen molar-refractivity contribution in [2.75, 3.05) is 0 Å². The summed E-state index contributed by atoms with van der Waals surface area (Å²) in [5.74, 6) is -15.1. The molecule has 0 atom stereocenters. The molecule has 1 rings (SSSR count). The summed E-state index contributed by atoms with van der Waals surface area (Å²) >= 11 is 0. The first kappa shape index (κ1) is 16.2. The molecule has 3 nitrogen and oxygen atoms in total. The average Bonchev–Trinajstić information content (AvgIpc) is 2.35. The fourth-order valence-corrected chi connectivity index (χ4v) is 1.11. The first-order valence-electron chi connectivity index (χ1n) is 4.99. The molecule has 1 aromatic rings. The Bertz CT molecular complexity index is 472. The minimum atomic E-state index is -6.54. The Morgan fingerprint density at radius 2 is 1.55 bits per heavy atom. The summed E-state index contributed by atoms with van der Waals surface area (Å²) in [7, 11) is 0.